The van der Waals surface area contributed by atoms with Crippen molar-refractivity contribution < 1.29 is 43.7 Å². The molecule has 3 aliphatic carbocycles. The van der Waals surface area contributed by atoms with Crippen molar-refractivity contribution in [2.45, 2.75) is 116 Å². The smallest absolute Gasteiger partial charge is 0.306 e. The number of unbranched alkanes of at least 4 members (excludes halogenated alkanes) is 2. The Labute approximate surface area is 289 Å². The molecular formula is C38H54N2O9. The average molecular weight is 683 g/mol. The van der Waals surface area contributed by atoms with Crippen LogP contribution in [0.2, 0.25) is 0 Å². The number of carbonyl (C=O) groups is 6. The number of primary amides is 1. The lowest BCUT2D eigenvalue weighted by Gasteiger charge is -2.56. The van der Waals surface area contributed by atoms with Gasteiger partial charge in [0.15, 0.2) is 34.7 Å². The van der Waals surface area contributed by atoms with Crippen LogP contribution < -0.4 is 5.73 Å². The summed E-state index contributed by atoms with van der Waals surface area (Å²) >= 11 is 0. The van der Waals surface area contributed by atoms with Crippen LogP contribution in [-0.2, 0) is 28.7 Å². The minimum Gasteiger partial charge on any atom is -0.507 e. The van der Waals surface area contributed by atoms with Crippen LogP contribution in [0.4, 0.5) is 0 Å². The van der Waals surface area contributed by atoms with Gasteiger partial charge in [0.2, 0.25) is 5.91 Å². The molecular weight excluding hydrogens is 628 g/mol. The van der Waals surface area contributed by atoms with Crippen LogP contribution in [0.1, 0.15) is 114 Å². The van der Waals surface area contributed by atoms with Gasteiger partial charge in [0.1, 0.15) is 11.9 Å². The number of ketones is 4. The largest absolute Gasteiger partial charge is 0.507 e. The number of hydrogen-bond acceptors (Lipinski definition) is 10. The van der Waals surface area contributed by atoms with E-state index >= 15 is 0 Å². The number of ether oxygens (including phenoxy) is 1. The zero-order valence-electron chi connectivity index (χ0n) is 29.8. The number of phenolic OH excluding ortho intramolecular Hbond substituents is 1. The van der Waals surface area contributed by atoms with Crippen molar-refractivity contribution in [2.24, 2.45) is 41.2 Å². The second-order valence-corrected chi connectivity index (χ2v) is 14.7. The number of aromatic hydroxyl groups is 1. The lowest BCUT2D eigenvalue weighted by Crippen LogP contribution is -2.78. The summed E-state index contributed by atoms with van der Waals surface area (Å²) in [5.41, 5.74) is 2.75. The van der Waals surface area contributed by atoms with Gasteiger partial charge in [0, 0.05) is 12.3 Å². The lowest BCUT2D eigenvalue weighted by atomic mass is 9.49. The van der Waals surface area contributed by atoms with Gasteiger partial charge in [0.25, 0.3) is 0 Å². The molecule has 1 amide bonds. The molecule has 2 saturated carbocycles. The number of nitrogens with two attached hydrogens (primary N) is 1. The Bertz CT molecular complexity index is 1450. The van der Waals surface area contributed by atoms with E-state index in [0.29, 0.717) is 23.8 Å². The van der Waals surface area contributed by atoms with Crippen molar-refractivity contribution in [3.05, 3.63) is 29.3 Å². The number of Topliss-reactive ketones (excluding diaryl/α,β-unsaturated/α-hetero) is 4. The topological polar surface area (TPSA) is 181 Å². The summed E-state index contributed by atoms with van der Waals surface area (Å²) in [6.07, 6.45) is 7.67. The van der Waals surface area contributed by atoms with Gasteiger partial charge >= 0.3 is 5.97 Å². The highest BCUT2D eigenvalue weighted by molar-refractivity contribution is 6.32. The molecule has 0 aromatic heterocycles. The Balaban J connectivity index is 1.73. The SMILES string of the molecule is CCCCCC(CCCC(=O)O[C@H]1[C@H]2C(C(=O)c3c(O)cccc3[C@@H]2C)C(=O)[C@]2(O)C(=O)C(C(N)=O)C(=O)[C@@H](N(C)C)[C@H]12)CC(CC)CC. The molecule has 3 unspecified atom stereocenters. The van der Waals surface area contributed by atoms with Gasteiger partial charge in [0.05, 0.1) is 23.4 Å². The van der Waals surface area contributed by atoms with Gasteiger partial charge in [-0.15, -0.1) is 0 Å². The third-order valence-electron chi connectivity index (χ3n) is 11.6. The third kappa shape index (κ3) is 6.98. The summed E-state index contributed by atoms with van der Waals surface area (Å²) in [6, 6.07) is 3.09. The first-order valence-electron chi connectivity index (χ1n) is 18.0. The monoisotopic (exact) mass is 682 g/mol. The number of phenols is 1. The Kier molecular flexibility index (Phi) is 12.2. The highest BCUT2D eigenvalue weighted by Crippen LogP contribution is 2.55. The second-order valence-electron chi connectivity index (χ2n) is 14.7. The molecule has 0 saturated heterocycles. The maximum absolute atomic E-state index is 14.4. The molecule has 4 N–H and O–H groups in total. The molecule has 0 radical (unpaired) electrons. The van der Waals surface area contributed by atoms with Crippen molar-refractivity contribution in [1.82, 2.24) is 4.90 Å². The van der Waals surface area contributed by atoms with E-state index in [-0.39, 0.29) is 17.7 Å². The maximum atomic E-state index is 14.4. The standard InChI is InChI=1S/C38H54N2O9/c1-7-10-11-14-22(19-21(8-2)9-3)15-12-18-25(42)49-34-26-20(4)23-16-13-17-24(41)27(23)32(43)28(26)35(45)38(48)30(34)31(40(5)6)33(44)29(36(38)46)37(39)47/h13,16-17,20-22,26,28-31,34,41,48H,7-12,14-15,18-19H2,1-6H3,(H2,39,47)/t20-,22?,26+,28?,29?,30+,31-,34-,38-/m0/s1. The number of amides is 1. The predicted molar refractivity (Wildman–Crippen MR) is 182 cm³/mol. The van der Waals surface area contributed by atoms with Crippen LogP contribution >= 0.6 is 0 Å². The van der Waals surface area contributed by atoms with Gasteiger partial charge < -0.3 is 20.7 Å². The van der Waals surface area contributed by atoms with Gasteiger partial charge in [-0.3, -0.25) is 33.7 Å². The third-order valence-corrected chi connectivity index (χ3v) is 11.6. The number of likely N-dealkylation sites (N-methyl/N-ethyl adjacent to an activating group) is 1. The Hall–Kier alpha value is -3.44. The van der Waals surface area contributed by atoms with Crippen molar-refractivity contribution >= 4 is 35.0 Å². The van der Waals surface area contributed by atoms with Gasteiger partial charge in [-0.1, -0.05) is 78.4 Å². The molecule has 4 rings (SSSR count). The molecule has 1 aromatic rings. The number of hydrogen-bond donors (Lipinski definition) is 3. The van der Waals surface area contributed by atoms with Crippen molar-refractivity contribution in [3.8, 4) is 5.75 Å². The van der Waals surface area contributed by atoms with E-state index in [9.17, 15) is 39.0 Å². The van der Waals surface area contributed by atoms with E-state index in [1.54, 1.807) is 19.1 Å². The molecule has 11 nitrogen and oxygen atoms in total. The Morgan fingerprint density at radius 2 is 1.63 bits per heavy atom. The minimum atomic E-state index is -3.04. The molecule has 0 aliphatic heterocycles. The van der Waals surface area contributed by atoms with E-state index in [1.807, 2.05) is 0 Å². The summed E-state index contributed by atoms with van der Waals surface area (Å²) in [5.74, 6) is -12.8. The molecule has 49 heavy (non-hydrogen) atoms. The van der Waals surface area contributed by atoms with Crippen LogP contribution in [0.3, 0.4) is 0 Å². The first kappa shape index (κ1) is 38.4. The maximum Gasteiger partial charge on any atom is 0.306 e. The molecule has 0 spiro atoms. The summed E-state index contributed by atoms with van der Waals surface area (Å²) in [6.45, 7) is 8.29. The van der Waals surface area contributed by atoms with Crippen LogP contribution in [-0.4, -0.2) is 82.0 Å². The number of nitrogens with zero attached hydrogens (tertiary/aromatic N) is 1. The normalized spacial score (nSPS) is 30.2. The molecule has 2 fully saturated rings. The minimum absolute atomic E-state index is 0.0261. The summed E-state index contributed by atoms with van der Waals surface area (Å²) in [4.78, 5) is 83.7. The van der Waals surface area contributed by atoms with Crippen LogP contribution in [0.15, 0.2) is 18.2 Å². The van der Waals surface area contributed by atoms with Crippen molar-refractivity contribution in [1.29, 1.82) is 0 Å². The highest BCUT2D eigenvalue weighted by atomic mass is 16.5. The van der Waals surface area contributed by atoms with Gasteiger partial charge in [-0.05, 0) is 62.7 Å². The number of aliphatic hydroxyl groups is 1. The van der Waals surface area contributed by atoms with E-state index in [4.69, 9.17) is 10.5 Å². The average Bonchev–Trinajstić information content (AvgIpc) is 3.04. The Morgan fingerprint density at radius 1 is 0.980 bits per heavy atom. The molecule has 11 heteroatoms. The number of rotatable bonds is 15. The zero-order valence-corrected chi connectivity index (χ0v) is 29.8. The number of benzene rings is 1. The van der Waals surface area contributed by atoms with E-state index < -0.39 is 82.3 Å². The molecule has 0 heterocycles. The molecule has 9 atom stereocenters. The first-order chi connectivity index (χ1) is 23.2. The van der Waals surface area contributed by atoms with Crippen LogP contribution in [0, 0.1) is 35.5 Å². The number of esters is 1. The lowest BCUT2D eigenvalue weighted by molar-refractivity contribution is -0.205. The van der Waals surface area contributed by atoms with E-state index in [2.05, 4.69) is 20.8 Å². The van der Waals surface area contributed by atoms with Gasteiger partial charge in [-0.25, -0.2) is 0 Å². The summed E-state index contributed by atoms with van der Waals surface area (Å²) < 4.78 is 6.17. The van der Waals surface area contributed by atoms with E-state index in [0.717, 1.165) is 51.4 Å². The van der Waals surface area contributed by atoms with Crippen LogP contribution in [0.5, 0.6) is 5.75 Å². The Morgan fingerprint density at radius 3 is 2.22 bits per heavy atom. The first-order valence-corrected chi connectivity index (χ1v) is 18.0. The highest BCUT2D eigenvalue weighted by Gasteiger charge is 2.74. The number of carbonyl (C=O) groups excluding carboxylic acids is 6. The molecule has 3 aliphatic rings. The summed E-state index contributed by atoms with van der Waals surface area (Å²) in [5, 5.41) is 22.9. The fourth-order valence-corrected chi connectivity index (χ4v) is 8.97. The zero-order chi connectivity index (χ0) is 36.4. The van der Waals surface area contributed by atoms with Gasteiger partial charge in [-0.2, -0.15) is 0 Å². The fraction of sp³-hybridized carbons (Fsp3) is 0.684. The second kappa shape index (κ2) is 15.6. The predicted octanol–water partition coefficient (Wildman–Crippen LogP) is 4.14. The fourth-order valence-electron chi connectivity index (χ4n) is 8.97. The molecule has 270 valence electrons. The van der Waals surface area contributed by atoms with Crippen molar-refractivity contribution in [2.75, 3.05) is 14.1 Å². The van der Waals surface area contributed by atoms with Crippen LogP contribution in [0.25, 0.3) is 0 Å². The molecule has 1 aromatic carbocycles. The molecule has 0 bridgehead atoms. The van der Waals surface area contributed by atoms with E-state index in [1.165, 1.54) is 25.1 Å². The summed E-state index contributed by atoms with van der Waals surface area (Å²) in [7, 11) is 2.99. The quantitative estimate of drug-likeness (QED) is 0.138. The van der Waals surface area contributed by atoms with Crippen molar-refractivity contribution in [3.63, 3.8) is 0 Å². The number of fused-ring (bicyclic) bond motifs is 3.